The van der Waals surface area contributed by atoms with Crippen LogP contribution in [0.25, 0.3) is 22.0 Å². The molecule has 4 heteroatoms. The summed E-state index contributed by atoms with van der Waals surface area (Å²) in [5.74, 6) is 0. The Morgan fingerprint density at radius 1 is 1.38 bits per heavy atom. The highest BCUT2D eigenvalue weighted by Crippen LogP contribution is 2.30. The number of aromatic nitrogens is 3. The van der Waals surface area contributed by atoms with Crippen molar-refractivity contribution in [1.82, 2.24) is 14.8 Å². The predicted molar refractivity (Wildman–Crippen MR) is 65.5 cm³/mol. The van der Waals surface area contributed by atoms with Gasteiger partial charge in [0.05, 0.1) is 6.20 Å². The van der Waals surface area contributed by atoms with Crippen LogP contribution in [0.4, 0.5) is 0 Å². The second-order valence-electron chi connectivity index (χ2n) is 3.80. The van der Waals surface area contributed by atoms with Gasteiger partial charge in [-0.05, 0) is 12.1 Å². The lowest BCUT2D eigenvalue weighted by molar-refractivity contribution is 0.970. The van der Waals surface area contributed by atoms with E-state index < -0.39 is 0 Å². The zero-order valence-corrected chi connectivity index (χ0v) is 9.49. The summed E-state index contributed by atoms with van der Waals surface area (Å²) in [5.41, 5.74) is 3.39. The first-order chi connectivity index (χ1) is 7.75. The Kier molecular flexibility index (Phi) is 2.01. The van der Waals surface area contributed by atoms with Gasteiger partial charge >= 0.3 is 0 Å². The number of nitrogens with zero attached hydrogens (tertiary/aromatic N) is 2. The van der Waals surface area contributed by atoms with Crippen molar-refractivity contribution in [3.05, 3.63) is 41.8 Å². The van der Waals surface area contributed by atoms with Gasteiger partial charge in [-0.1, -0.05) is 17.7 Å². The van der Waals surface area contributed by atoms with Gasteiger partial charge in [0.25, 0.3) is 0 Å². The van der Waals surface area contributed by atoms with Crippen LogP contribution in [0, 0.1) is 0 Å². The Morgan fingerprint density at radius 2 is 2.25 bits per heavy atom. The van der Waals surface area contributed by atoms with Crippen LogP contribution in [-0.2, 0) is 7.05 Å². The third kappa shape index (κ3) is 1.32. The molecule has 2 aromatic heterocycles. The van der Waals surface area contributed by atoms with Gasteiger partial charge in [0.2, 0.25) is 0 Å². The number of H-pyrrole nitrogens is 1. The molecule has 0 radical (unpaired) electrons. The Labute approximate surface area is 97.7 Å². The lowest BCUT2D eigenvalue weighted by atomic mass is 10.1. The monoisotopic (exact) mass is 231 g/mol. The lowest BCUT2D eigenvalue weighted by Gasteiger charge is -1.96. The molecule has 0 spiro atoms. The average Bonchev–Trinajstić information content (AvgIpc) is 2.87. The number of hydrogen-bond acceptors (Lipinski definition) is 1. The summed E-state index contributed by atoms with van der Waals surface area (Å²) in [5, 5.41) is 8.75. The van der Waals surface area contributed by atoms with Crippen LogP contribution in [0.5, 0.6) is 0 Å². The van der Waals surface area contributed by atoms with Gasteiger partial charge in [0.15, 0.2) is 0 Å². The van der Waals surface area contributed by atoms with E-state index in [2.05, 4.69) is 21.0 Å². The zero-order chi connectivity index (χ0) is 11.1. The molecule has 0 atom stereocenters. The number of halogens is 1. The molecule has 0 aliphatic heterocycles. The van der Waals surface area contributed by atoms with Crippen molar-refractivity contribution in [1.29, 1.82) is 0 Å². The standard InChI is InChI=1S/C12H10ClN3/c1-16-7-11(8-5-14-15-6-8)10-3-2-9(13)4-12(10)16/h2-7H,1H3,(H,14,15). The average molecular weight is 232 g/mol. The summed E-state index contributed by atoms with van der Waals surface area (Å²) in [6.45, 7) is 0. The fraction of sp³-hybridized carbons (Fsp3) is 0.0833. The summed E-state index contributed by atoms with van der Waals surface area (Å²) in [7, 11) is 2.02. The quantitative estimate of drug-likeness (QED) is 0.686. The summed E-state index contributed by atoms with van der Waals surface area (Å²) < 4.78 is 2.07. The van der Waals surface area contributed by atoms with E-state index in [0.29, 0.717) is 0 Å². The number of aryl methyl sites for hydroxylation is 1. The molecule has 0 aliphatic carbocycles. The fourth-order valence-electron chi connectivity index (χ4n) is 1.99. The van der Waals surface area contributed by atoms with Crippen molar-refractivity contribution in [2.75, 3.05) is 0 Å². The number of hydrogen-bond donors (Lipinski definition) is 1. The van der Waals surface area contributed by atoms with Crippen LogP contribution in [0.2, 0.25) is 5.02 Å². The second kappa shape index (κ2) is 3.39. The molecule has 0 fully saturated rings. The van der Waals surface area contributed by atoms with E-state index >= 15 is 0 Å². The number of benzene rings is 1. The number of fused-ring (bicyclic) bond motifs is 1. The summed E-state index contributed by atoms with van der Waals surface area (Å²) in [6.07, 6.45) is 5.80. The van der Waals surface area contributed by atoms with Crippen LogP contribution in [-0.4, -0.2) is 14.8 Å². The first-order valence-electron chi connectivity index (χ1n) is 4.99. The van der Waals surface area contributed by atoms with E-state index in [1.165, 1.54) is 10.9 Å². The fourth-order valence-corrected chi connectivity index (χ4v) is 2.15. The summed E-state index contributed by atoms with van der Waals surface area (Å²) in [4.78, 5) is 0. The zero-order valence-electron chi connectivity index (χ0n) is 8.74. The Bertz CT molecular complexity index is 638. The van der Waals surface area contributed by atoms with Gasteiger partial charge < -0.3 is 4.57 Å². The van der Waals surface area contributed by atoms with E-state index in [1.54, 1.807) is 0 Å². The predicted octanol–water partition coefficient (Wildman–Crippen LogP) is 3.22. The molecule has 1 aromatic carbocycles. The molecule has 2 heterocycles. The molecular weight excluding hydrogens is 222 g/mol. The Hall–Kier alpha value is -1.74. The van der Waals surface area contributed by atoms with E-state index in [1.807, 2.05) is 37.6 Å². The molecule has 1 N–H and O–H groups in total. The topological polar surface area (TPSA) is 33.6 Å². The molecule has 0 bridgehead atoms. The van der Waals surface area contributed by atoms with Crippen molar-refractivity contribution in [3.8, 4) is 11.1 Å². The molecule has 0 aliphatic rings. The van der Waals surface area contributed by atoms with Crippen molar-refractivity contribution in [3.63, 3.8) is 0 Å². The maximum absolute atomic E-state index is 5.99. The number of aromatic amines is 1. The summed E-state index contributed by atoms with van der Waals surface area (Å²) >= 11 is 5.99. The highest BCUT2D eigenvalue weighted by Gasteiger charge is 2.09. The number of nitrogens with one attached hydrogen (secondary N) is 1. The molecule has 16 heavy (non-hydrogen) atoms. The van der Waals surface area contributed by atoms with Gasteiger partial charge in [-0.2, -0.15) is 5.10 Å². The lowest BCUT2D eigenvalue weighted by Crippen LogP contribution is -1.82. The highest BCUT2D eigenvalue weighted by atomic mass is 35.5. The molecule has 3 aromatic rings. The second-order valence-corrected chi connectivity index (χ2v) is 4.24. The molecule has 80 valence electrons. The Balaban J connectivity index is 2.35. The molecule has 3 rings (SSSR count). The van der Waals surface area contributed by atoms with Crippen LogP contribution in [0.15, 0.2) is 36.8 Å². The van der Waals surface area contributed by atoms with E-state index in [0.717, 1.165) is 16.1 Å². The molecule has 0 unspecified atom stereocenters. The van der Waals surface area contributed by atoms with Crippen molar-refractivity contribution >= 4 is 22.5 Å². The van der Waals surface area contributed by atoms with Gasteiger partial charge in [-0.15, -0.1) is 0 Å². The first-order valence-corrected chi connectivity index (χ1v) is 5.37. The number of rotatable bonds is 1. The van der Waals surface area contributed by atoms with Crippen LogP contribution < -0.4 is 0 Å². The molecule has 3 nitrogen and oxygen atoms in total. The van der Waals surface area contributed by atoms with Gasteiger partial charge in [-0.3, -0.25) is 5.10 Å². The third-order valence-corrected chi connectivity index (χ3v) is 3.00. The van der Waals surface area contributed by atoms with Crippen molar-refractivity contribution < 1.29 is 0 Å². The minimum Gasteiger partial charge on any atom is -0.350 e. The van der Waals surface area contributed by atoms with E-state index in [9.17, 15) is 0 Å². The van der Waals surface area contributed by atoms with Gasteiger partial charge in [0, 0.05) is 46.5 Å². The van der Waals surface area contributed by atoms with Crippen molar-refractivity contribution in [2.45, 2.75) is 0 Å². The normalized spacial score (nSPS) is 11.1. The molecule has 0 amide bonds. The van der Waals surface area contributed by atoms with Crippen molar-refractivity contribution in [2.24, 2.45) is 7.05 Å². The van der Waals surface area contributed by atoms with Crippen LogP contribution in [0.3, 0.4) is 0 Å². The van der Waals surface area contributed by atoms with Crippen LogP contribution in [0.1, 0.15) is 0 Å². The van der Waals surface area contributed by atoms with Gasteiger partial charge in [0.1, 0.15) is 0 Å². The third-order valence-electron chi connectivity index (χ3n) is 2.76. The maximum atomic E-state index is 5.99. The Morgan fingerprint density at radius 3 is 3.00 bits per heavy atom. The van der Waals surface area contributed by atoms with Crippen LogP contribution >= 0.6 is 11.6 Å². The van der Waals surface area contributed by atoms with E-state index in [4.69, 9.17) is 11.6 Å². The SMILES string of the molecule is Cn1cc(-c2cn[nH]c2)c2ccc(Cl)cc21. The molecule has 0 saturated carbocycles. The summed E-state index contributed by atoms with van der Waals surface area (Å²) in [6, 6.07) is 5.92. The van der Waals surface area contributed by atoms with E-state index in [-0.39, 0.29) is 0 Å². The minimum atomic E-state index is 0.757. The minimum absolute atomic E-state index is 0.757. The largest absolute Gasteiger partial charge is 0.350 e. The smallest absolute Gasteiger partial charge is 0.0566 e. The highest BCUT2D eigenvalue weighted by molar-refractivity contribution is 6.31. The maximum Gasteiger partial charge on any atom is 0.0566 e. The first kappa shape index (κ1) is 9.48. The molecule has 0 saturated heterocycles. The van der Waals surface area contributed by atoms with Gasteiger partial charge in [-0.25, -0.2) is 0 Å². The molecular formula is C12H10ClN3.